The fourth-order valence-corrected chi connectivity index (χ4v) is 3.70. The van der Waals surface area contributed by atoms with E-state index >= 15 is 0 Å². The van der Waals surface area contributed by atoms with Gasteiger partial charge in [0.25, 0.3) is 0 Å². The van der Waals surface area contributed by atoms with Gasteiger partial charge in [-0.2, -0.15) is 0 Å². The first-order chi connectivity index (χ1) is 10.3. The van der Waals surface area contributed by atoms with Crippen molar-refractivity contribution < 1.29 is 9.47 Å². The van der Waals surface area contributed by atoms with E-state index in [1.54, 1.807) is 11.3 Å². The molecule has 1 fully saturated rings. The molecule has 1 aliphatic carbocycles. The number of ether oxygens (including phenoxy) is 2. The summed E-state index contributed by atoms with van der Waals surface area (Å²) >= 11 is 5.28. The molecule has 6 heteroatoms. The van der Waals surface area contributed by atoms with Gasteiger partial charge in [-0.1, -0.05) is 0 Å². The Labute approximate surface area is 135 Å². The van der Waals surface area contributed by atoms with E-state index in [2.05, 4.69) is 26.2 Å². The minimum atomic E-state index is 0.595. The Morgan fingerprint density at radius 3 is 3.00 bits per heavy atom. The highest BCUT2D eigenvalue weighted by Crippen LogP contribution is 2.41. The summed E-state index contributed by atoms with van der Waals surface area (Å²) in [6, 6.07) is 4.78. The molecule has 110 valence electrons. The number of fused-ring (bicyclic) bond motifs is 1. The summed E-state index contributed by atoms with van der Waals surface area (Å²) in [6.07, 6.45) is 4.57. The van der Waals surface area contributed by atoms with Gasteiger partial charge < -0.3 is 14.8 Å². The van der Waals surface area contributed by atoms with Crippen LogP contribution in [0.5, 0.6) is 11.5 Å². The van der Waals surface area contributed by atoms with Crippen LogP contribution in [0, 0.1) is 0 Å². The molecular weight excluding hydrogens is 352 g/mol. The van der Waals surface area contributed by atoms with E-state index in [9.17, 15) is 0 Å². The van der Waals surface area contributed by atoms with E-state index in [1.807, 2.05) is 18.3 Å². The summed E-state index contributed by atoms with van der Waals surface area (Å²) in [7, 11) is 0. The summed E-state index contributed by atoms with van der Waals surface area (Å²) < 4.78 is 12.2. The lowest BCUT2D eigenvalue weighted by Gasteiger charge is -2.20. The number of hydrogen-bond donors (Lipinski definition) is 1. The zero-order valence-corrected chi connectivity index (χ0v) is 13.8. The predicted octanol–water partition coefficient (Wildman–Crippen LogP) is 3.60. The van der Waals surface area contributed by atoms with Gasteiger partial charge in [0.1, 0.15) is 18.2 Å². The monoisotopic (exact) mass is 366 g/mol. The SMILES string of the molecule is Brc1cc(-c2ncc(CNC3CC3)s2)cc2c1OCCO2. The Morgan fingerprint density at radius 1 is 1.29 bits per heavy atom. The van der Waals surface area contributed by atoms with Crippen LogP contribution in [0.2, 0.25) is 0 Å². The fourth-order valence-electron chi connectivity index (χ4n) is 2.29. The molecular formula is C15H15BrN2O2S. The number of benzene rings is 1. The maximum Gasteiger partial charge on any atom is 0.175 e. The normalized spacial score (nSPS) is 17.0. The second-order valence-electron chi connectivity index (χ2n) is 5.27. The average Bonchev–Trinajstić information content (AvgIpc) is 3.21. The molecule has 1 N–H and O–H groups in total. The number of hydrogen-bond acceptors (Lipinski definition) is 5. The van der Waals surface area contributed by atoms with Crippen molar-refractivity contribution in [1.29, 1.82) is 0 Å². The molecule has 2 heterocycles. The Kier molecular flexibility index (Phi) is 3.61. The second kappa shape index (κ2) is 5.59. The summed E-state index contributed by atoms with van der Waals surface area (Å²) in [5, 5.41) is 4.53. The first-order valence-electron chi connectivity index (χ1n) is 7.07. The Morgan fingerprint density at radius 2 is 2.14 bits per heavy atom. The lowest BCUT2D eigenvalue weighted by atomic mass is 10.2. The lowest BCUT2D eigenvalue weighted by Crippen LogP contribution is -2.15. The number of nitrogens with zero attached hydrogens (tertiary/aromatic N) is 1. The second-order valence-corrected chi connectivity index (χ2v) is 7.24. The van der Waals surface area contributed by atoms with Gasteiger partial charge in [0.2, 0.25) is 0 Å². The van der Waals surface area contributed by atoms with Gasteiger partial charge in [-0.15, -0.1) is 11.3 Å². The van der Waals surface area contributed by atoms with Crippen LogP contribution < -0.4 is 14.8 Å². The maximum atomic E-state index is 5.67. The standard InChI is InChI=1S/C15H15BrN2O2S/c16-12-5-9(6-13-14(12)20-4-3-19-13)15-18-8-11(21-15)7-17-10-1-2-10/h5-6,8,10,17H,1-4,7H2. The molecule has 0 radical (unpaired) electrons. The molecule has 0 saturated heterocycles. The highest BCUT2D eigenvalue weighted by Gasteiger charge is 2.21. The largest absolute Gasteiger partial charge is 0.486 e. The van der Waals surface area contributed by atoms with Crippen LogP contribution >= 0.6 is 27.3 Å². The van der Waals surface area contributed by atoms with Crippen LogP contribution in [0.25, 0.3) is 10.6 Å². The Balaban J connectivity index is 1.58. The average molecular weight is 367 g/mol. The molecule has 4 rings (SSSR count). The van der Waals surface area contributed by atoms with Crippen molar-refractivity contribution >= 4 is 27.3 Å². The smallest absolute Gasteiger partial charge is 0.175 e. The summed E-state index contributed by atoms with van der Waals surface area (Å²) in [5.41, 5.74) is 1.06. The highest BCUT2D eigenvalue weighted by molar-refractivity contribution is 9.10. The molecule has 1 aliphatic heterocycles. The van der Waals surface area contributed by atoms with Crippen molar-refractivity contribution in [2.75, 3.05) is 13.2 Å². The van der Waals surface area contributed by atoms with Crippen molar-refractivity contribution in [2.24, 2.45) is 0 Å². The van der Waals surface area contributed by atoms with Crippen molar-refractivity contribution in [1.82, 2.24) is 10.3 Å². The van der Waals surface area contributed by atoms with Crippen LogP contribution in [0.4, 0.5) is 0 Å². The van der Waals surface area contributed by atoms with Crippen LogP contribution in [0.15, 0.2) is 22.8 Å². The quantitative estimate of drug-likeness (QED) is 0.897. The predicted molar refractivity (Wildman–Crippen MR) is 86.1 cm³/mol. The van der Waals surface area contributed by atoms with Gasteiger partial charge in [-0.05, 0) is 40.9 Å². The number of aromatic nitrogens is 1. The summed E-state index contributed by atoms with van der Waals surface area (Å²) in [6.45, 7) is 2.10. The Hall–Kier alpha value is -1.11. The zero-order valence-electron chi connectivity index (χ0n) is 11.4. The number of halogens is 1. The van der Waals surface area contributed by atoms with Crippen LogP contribution in [-0.4, -0.2) is 24.2 Å². The number of rotatable bonds is 4. The molecule has 1 aromatic heterocycles. The third kappa shape index (κ3) is 2.93. The van der Waals surface area contributed by atoms with Gasteiger partial charge in [0.05, 0.1) is 4.47 Å². The molecule has 2 aliphatic rings. The molecule has 2 aromatic rings. The van der Waals surface area contributed by atoms with Gasteiger partial charge in [0, 0.05) is 29.2 Å². The fraction of sp³-hybridized carbons (Fsp3) is 0.400. The minimum Gasteiger partial charge on any atom is -0.486 e. The molecule has 0 spiro atoms. The van der Waals surface area contributed by atoms with Crippen LogP contribution in [0.1, 0.15) is 17.7 Å². The first kappa shape index (κ1) is 13.5. The molecule has 0 atom stereocenters. The van der Waals surface area contributed by atoms with E-state index in [4.69, 9.17) is 9.47 Å². The van der Waals surface area contributed by atoms with Crippen molar-refractivity contribution in [3.05, 3.63) is 27.7 Å². The third-order valence-corrected chi connectivity index (χ3v) is 5.18. The highest BCUT2D eigenvalue weighted by atomic mass is 79.9. The van der Waals surface area contributed by atoms with E-state index in [0.717, 1.165) is 39.1 Å². The summed E-state index contributed by atoms with van der Waals surface area (Å²) in [4.78, 5) is 5.80. The van der Waals surface area contributed by atoms with Crippen LogP contribution in [0.3, 0.4) is 0 Å². The summed E-state index contributed by atoms with van der Waals surface area (Å²) in [5.74, 6) is 1.58. The van der Waals surface area contributed by atoms with Gasteiger partial charge in [-0.25, -0.2) is 4.98 Å². The maximum absolute atomic E-state index is 5.67. The van der Waals surface area contributed by atoms with Crippen molar-refractivity contribution in [3.63, 3.8) is 0 Å². The molecule has 0 bridgehead atoms. The first-order valence-corrected chi connectivity index (χ1v) is 8.68. The molecule has 1 saturated carbocycles. The zero-order chi connectivity index (χ0) is 14.2. The third-order valence-electron chi connectivity index (χ3n) is 3.54. The van der Waals surface area contributed by atoms with E-state index in [1.165, 1.54) is 17.7 Å². The van der Waals surface area contributed by atoms with E-state index < -0.39 is 0 Å². The van der Waals surface area contributed by atoms with Crippen LogP contribution in [-0.2, 0) is 6.54 Å². The Bertz CT molecular complexity index is 670. The van der Waals surface area contributed by atoms with Gasteiger partial charge >= 0.3 is 0 Å². The molecule has 0 unspecified atom stereocenters. The number of nitrogens with one attached hydrogen (secondary N) is 1. The van der Waals surface area contributed by atoms with Crippen molar-refractivity contribution in [3.8, 4) is 22.1 Å². The minimum absolute atomic E-state index is 0.595. The van der Waals surface area contributed by atoms with E-state index in [0.29, 0.717) is 13.2 Å². The van der Waals surface area contributed by atoms with E-state index in [-0.39, 0.29) is 0 Å². The molecule has 21 heavy (non-hydrogen) atoms. The lowest BCUT2D eigenvalue weighted by molar-refractivity contribution is 0.170. The number of thiazole rings is 1. The molecule has 1 aromatic carbocycles. The topological polar surface area (TPSA) is 43.4 Å². The molecule has 0 amide bonds. The van der Waals surface area contributed by atoms with Gasteiger partial charge in [0.15, 0.2) is 11.5 Å². The van der Waals surface area contributed by atoms with Gasteiger partial charge in [-0.3, -0.25) is 0 Å². The van der Waals surface area contributed by atoms with Crippen molar-refractivity contribution in [2.45, 2.75) is 25.4 Å². The molecule has 4 nitrogen and oxygen atoms in total.